The molecule has 0 amide bonds. The number of aromatic nitrogens is 2. The fraction of sp³-hybridized carbons (Fsp3) is 0.333. The van der Waals surface area contributed by atoms with Crippen LogP contribution >= 0.6 is 0 Å². The SMILES string of the molecule is Cc1cnn(C2CN(Cc3ccc(F)cc3C#N)C2)c1. The summed E-state index contributed by atoms with van der Waals surface area (Å²) in [5.74, 6) is -0.362. The Balaban J connectivity index is 1.63. The summed E-state index contributed by atoms with van der Waals surface area (Å²) in [4.78, 5) is 2.23. The van der Waals surface area contributed by atoms with Crippen LogP contribution in [-0.2, 0) is 6.54 Å². The molecule has 0 bridgehead atoms. The van der Waals surface area contributed by atoms with E-state index in [2.05, 4.69) is 16.1 Å². The smallest absolute Gasteiger partial charge is 0.124 e. The molecule has 4 nitrogen and oxygen atoms in total. The van der Waals surface area contributed by atoms with E-state index in [9.17, 15) is 4.39 Å². The number of nitrogens with zero attached hydrogens (tertiary/aromatic N) is 4. The van der Waals surface area contributed by atoms with Crippen molar-refractivity contribution in [3.05, 3.63) is 53.1 Å². The normalized spacial score (nSPS) is 15.8. The van der Waals surface area contributed by atoms with Gasteiger partial charge in [0.15, 0.2) is 0 Å². The molecule has 20 heavy (non-hydrogen) atoms. The van der Waals surface area contributed by atoms with Crippen LogP contribution in [0.4, 0.5) is 4.39 Å². The average molecular weight is 270 g/mol. The minimum absolute atomic E-state index is 0.362. The summed E-state index contributed by atoms with van der Waals surface area (Å²) in [6.45, 7) is 4.52. The minimum atomic E-state index is -0.362. The van der Waals surface area contributed by atoms with E-state index in [4.69, 9.17) is 5.26 Å². The lowest BCUT2D eigenvalue weighted by atomic mass is 10.0. The molecule has 0 atom stereocenters. The third-order valence-corrected chi connectivity index (χ3v) is 3.63. The first-order valence-electron chi connectivity index (χ1n) is 6.57. The van der Waals surface area contributed by atoms with Crippen LogP contribution in [0.5, 0.6) is 0 Å². The molecule has 0 radical (unpaired) electrons. The molecule has 0 aliphatic carbocycles. The minimum Gasteiger partial charge on any atom is -0.295 e. The van der Waals surface area contributed by atoms with Crippen molar-refractivity contribution in [1.82, 2.24) is 14.7 Å². The lowest BCUT2D eigenvalue weighted by Crippen LogP contribution is -2.47. The maximum Gasteiger partial charge on any atom is 0.124 e. The van der Waals surface area contributed by atoms with E-state index in [1.807, 2.05) is 24.0 Å². The molecule has 0 N–H and O–H groups in total. The van der Waals surface area contributed by atoms with E-state index in [0.717, 1.165) is 24.2 Å². The Kier molecular flexibility index (Phi) is 3.25. The number of likely N-dealkylation sites (tertiary alicyclic amines) is 1. The van der Waals surface area contributed by atoms with Crippen molar-refractivity contribution in [3.63, 3.8) is 0 Å². The Labute approximate surface area is 117 Å². The van der Waals surface area contributed by atoms with Crippen LogP contribution in [-0.4, -0.2) is 27.8 Å². The highest BCUT2D eigenvalue weighted by atomic mass is 19.1. The summed E-state index contributed by atoms with van der Waals surface area (Å²) in [6, 6.07) is 6.85. The van der Waals surface area contributed by atoms with Crippen LogP contribution in [0, 0.1) is 24.1 Å². The van der Waals surface area contributed by atoms with Gasteiger partial charge in [0.25, 0.3) is 0 Å². The van der Waals surface area contributed by atoms with E-state index in [-0.39, 0.29) is 5.82 Å². The van der Waals surface area contributed by atoms with Crippen LogP contribution in [0.15, 0.2) is 30.6 Å². The predicted octanol–water partition coefficient (Wildman–Crippen LogP) is 2.26. The molecule has 2 aromatic rings. The van der Waals surface area contributed by atoms with Crippen LogP contribution in [0.2, 0.25) is 0 Å². The van der Waals surface area contributed by atoms with Crippen molar-refractivity contribution >= 4 is 0 Å². The van der Waals surface area contributed by atoms with Gasteiger partial charge in [0.1, 0.15) is 5.82 Å². The Morgan fingerprint density at radius 3 is 2.90 bits per heavy atom. The Morgan fingerprint density at radius 1 is 1.45 bits per heavy atom. The summed E-state index contributed by atoms with van der Waals surface area (Å²) < 4.78 is 15.1. The lowest BCUT2D eigenvalue weighted by molar-refractivity contribution is 0.0908. The molecular formula is C15H15FN4. The molecular weight excluding hydrogens is 255 g/mol. The van der Waals surface area contributed by atoms with Gasteiger partial charge in [-0.25, -0.2) is 4.39 Å². The van der Waals surface area contributed by atoms with Gasteiger partial charge in [-0.15, -0.1) is 0 Å². The maximum absolute atomic E-state index is 13.1. The maximum atomic E-state index is 13.1. The fourth-order valence-corrected chi connectivity index (χ4v) is 2.50. The molecule has 1 aliphatic heterocycles. The van der Waals surface area contributed by atoms with E-state index in [1.54, 1.807) is 6.07 Å². The van der Waals surface area contributed by atoms with Crippen LogP contribution in [0.1, 0.15) is 22.7 Å². The number of rotatable bonds is 3. The molecule has 1 aromatic carbocycles. The lowest BCUT2D eigenvalue weighted by Gasteiger charge is -2.39. The number of aryl methyl sites for hydroxylation is 1. The summed E-state index contributed by atoms with van der Waals surface area (Å²) in [6.07, 6.45) is 3.90. The van der Waals surface area contributed by atoms with Gasteiger partial charge in [-0.3, -0.25) is 9.58 Å². The van der Waals surface area contributed by atoms with E-state index < -0.39 is 0 Å². The molecule has 3 rings (SSSR count). The van der Waals surface area contributed by atoms with E-state index in [0.29, 0.717) is 18.2 Å². The van der Waals surface area contributed by atoms with Gasteiger partial charge >= 0.3 is 0 Å². The molecule has 2 heterocycles. The Morgan fingerprint density at radius 2 is 2.25 bits per heavy atom. The molecule has 0 unspecified atom stereocenters. The first-order valence-corrected chi connectivity index (χ1v) is 6.57. The molecule has 0 spiro atoms. The third kappa shape index (κ3) is 2.43. The highest BCUT2D eigenvalue weighted by Gasteiger charge is 2.28. The molecule has 5 heteroatoms. The van der Waals surface area contributed by atoms with Crippen molar-refractivity contribution in [2.45, 2.75) is 19.5 Å². The third-order valence-electron chi connectivity index (χ3n) is 3.63. The number of hydrogen-bond donors (Lipinski definition) is 0. The molecule has 1 fully saturated rings. The van der Waals surface area contributed by atoms with Crippen LogP contribution in [0.25, 0.3) is 0 Å². The van der Waals surface area contributed by atoms with Crippen molar-refractivity contribution in [2.24, 2.45) is 0 Å². The topological polar surface area (TPSA) is 44.9 Å². The zero-order valence-electron chi connectivity index (χ0n) is 11.3. The largest absolute Gasteiger partial charge is 0.295 e. The Hall–Kier alpha value is -2.19. The number of nitriles is 1. The zero-order valence-corrected chi connectivity index (χ0v) is 11.3. The number of benzene rings is 1. The second kappa shape index (κ2) is 5.06. The first-order chi connectivity index (χ1) is 9.65. The predicted molar refractivity (Wildman–Crippen MR) is 72.4 cm³/mol. The van der Waals surface area contributed by atoms with E-state index >= 15 is 0 Å². The summed E-state index contributed by atoms with van der Waals surface area (Å²) in [7, 11) is 0. The Bertz CT molecular complexity index is 665. The standard InChI is InChI=1S/C15H15FN4/c1-11-6-18-20(7-11)15-9-19(10-15)8-12-2-3-14(16)4-13(12)5-17/h2-4,6-7,15H,8-10H2,1H3. The molecule has 1 saturated heterocycles. The van der Waals surface area contributed by atoms with E-state index in [1.165, 1.54) is 12.1 Å². The van der Waals surface area contributed by atoms with Crippen molar-refractivity contribution in [2.75, 3.05) is 13.1 Å². The summed E-state index contributed by atoms with van der Waals surface area (Å²) >= 11 is 0. The molecule has 1 aromatic heterocycles. The van der Waals surface area contributed by atoms with Gasteiger partial charge in [-0.05, 0) is 30.2 Å². The van der Waals surface area contributed by atoms with Crippen LogP contribution in [0.3, 0.4) is 0 Å². The molecule has 0 saturated carbocycles. The highest BCUT2D eigenvalue weighted by molar-refractivity contribution is 5.38. The monoisotopic (exact) mass is 270 g/mol. The second-order valence-corrected chi connectivity index (χ2v) is 5.26. The average Bonchev–Trinajstić information content (AvgIpc) is 2.80. The van der Waals surface area contributed by atoms with Crippen LogP contribution < -0.4 is 0 Å². The highest BCUT2D eigenvalue weighted by Crippen LogP contribution is 2.24. The first kappa shape index (κ1) is 12.8. The van der Waals surface area contributed by atoms with Gasteiger partial charge in [0.05, 0.1) is 23.9 Å². The summed E-state index contributed by atoms with van der Waals surface area (Å²) in [5.41, 5.74) is 2.46. The quantitative estimate of drug-likeness (QED) is 0.859. The summed E-state index contributed by atoms with van der Waals surface area (Å²) in [5, 5.41) is 13.3. The van der Waals surface area contributed by atoms with Gasteiger partial charge in [-0.2, -0.15) is 10.4 Å². The number of hydrogen-bond acceptors (Lipinski definition) is 3. The zero-order chi connectivity index (χ0) is 14.1. The molecule has 102 valence electrons. The fourth-order valence-electron chi connectivity index (χ4n) is 2.50. The number of halogens is 1. The van der Waals surface area contributed by atoms with Gasteiger partial charge in [0.2, 0.25) is 0 Å². The van der Waals surface area contributed by atoms with Crippen molar-refractivity contribution in [1.29, 1.82) is 5.26 Å². The second-order valence-electron chi connectivity index (χ2n) is 5.26. The van der Waals surface area contributed by atoms with Gasteiger partial charge in [-0.1, -0.05) is 6.07 Å². The molecule has 1 aliphatic rings. The van der Waals surface area contributed by atoms with Crippen molar-refractivity contribution in [3.8, 4) is 6.07 Å². The van der Waals surface area contributed by atoms with Gasteiger partial charge in [0, 0.05) is 25.8 Å². The van der Waals surface area contributed by atoms with Gasteiger partial charge < -0.3 is 0 Å². The van der Waals surface area contributed by atoms with Crippen molar-refractivity contribution < 1.29 is 4.39 Å².